The summed E-state index contributed by atoms with van der Waals surface area (Å²) in [5.41, 5.74) is 4.15. The lowest BCUT2D eigenvalue weighted by Crippen LogP contribution is -2.14. The lowest BCUT2D eigenvalue weighted by Gasteiger charge is -2.23. The van der Waals surface area contributed by atoms with E-state index in [1.165, 1.54) is 5.56 Å². The second-order valence-electron chi connectivity index (χ2n) is 5.67. The molecule has 2 aromatic carbocycles. The molecule has 0 aromatic heterocycles. The van der Waals surface area contributed by atoms with Crippen molar-refractivity contribution in [3.63, 3.8) is 0 Å². The normalized spacial score (nSPS) is 11.4. The molecule has 0 atom stereocenters. The van der Waals surface area contributed by atoms with Crippen LogP contribution >= 0.6 is 11.6 Å². The second-order valence-corrected chi connectivity index (χ2v) is 6.08. The van der Waals surface area contributed by atoms with Crippen molar-refractivity contribution < 1.29 is 4.79 Å². The Labute approximate surface area is 125 Å². The van der Waals surface area contributed by atoms with Gasteiger partial charge in [0.1, 0.15) is 0 Å². The van der Waals surface area contributed by atoms with Crippen LogP contribution in [0, 0.1) is 0 Å². The molecule has 1 nitrogen and oxygen atoms in total. The van der Waals surface area contributed by atoms with Gasteiger partial charge in [-0.3, -0.25) is 4.79 Å². The van der Waals surface area contributed by atoms with Gasteiger partial charge in [-0.05, 0) is 40.7 Å². The van der Waals surface area contributed by atoms with Gasteiger partial charge in [-0.15, -0.1) is 0 Å². The first-order chi connectivity index (χ1) is 9.47. The van der Waals surface area contributed by atoms with Crippen LogP contribution in [-0.4, -0.2) is 6.29 Å². The molecule has 0 heterocycles. The average Bonchev–Trinajstić information content (AvgIpc) is 2.48. The van der Waals surface area contributed by atoms with E-state index in [0.717, 1.165) is 23.8 Å². The standard InChI is InChI=1S/C18H19ClO/c1-4-18(2,3)16-8-5-13(6-9-16)14-7-10-17(19)15(11-14)12-20/h5-12H,4H2,1-3H3. The van der Waals surface area contributed by atoms with Crippen molar-refractivity contribution in [3.05, 3.63) is 58.6 Å². The first-order valence-corrected chi connectivity index (χ1v) is 7.21. The average molecular weight is 287 g/mol. The van der Waals surface area contributed by atoms with Gasteiger partial charge in [-0.1, -0.05) is 62.7 Å². The molecule has 0 bridgehead atoms. The summed E-state index contributed by atoms with van der Waals surface area (Å²) >= 11 is 5.96. The fraction of sp³-hybridized carbons (Fsp3) is 0.278. The van der Waals surface area contributed by atoms with Crippen molar-refractivity contribution in [1.82, 2.24) is 0 Å². The van der Waals surface area contributed by atoms with E-state index in [4.69, 9.17) is 11.6 Å². The first-order valence-electron chi connectivity index (χ1n) is 6.83. The third-order valence-electron chi connectivity index (χ3n) is 4.01. The number of benzene rings is 2. The fourth-order valence-corrected chi connectivity index (χ4v) is 2.29. The zero-order valence-electron chi connectivity index (χ0n) is 12.1. The zero-order chi connectivity index (χ0) is 14.8. The van der Waals surface area contributed by atoms with Crippen LogP contribution < -0.4 is 0 Å². The highest BCUT2D eigenvalue weighted by molar-refractivity contribution is 6.33. The first kappa shape index (κ1) is 14.8. The van der Waals surface area contributed by atoms with E-state index >= 15 is 0 Å². The molecule has 2 rings (SSSR count). The number of rotatable bonds is 4. The van der Waals surface area contributed by atoms with Crippen molar-refractivity contribution in [2.24, 2.45) is 0 Å². The van der Waals surface area contributed by atoms with Crippen LogP contribution in [0.2, 0.25) is 5.02 Å². The molecule has 0 aliphatic heterocycles. The molecule has 0 radical (unpaired) electrons. The predicted octanol–water partition coefficient (Wildman–Crippen LogP) is 5.51. The molecule has 0 amide bonds. The smallest absolute Gasteiger partial charge is 0.151 e. The highest BCUT2D eigenvalue weighted by Crippen LogP contribution is 2.30. The minimum atomic E-state index is 0.187. The molecule has 104 valence electrons. The minimum absolute atomic E-state index is 0.187. The second kappa shape index (κ2) is 5.80. The van der Waals surface area contributed by atoms with E-state index in [1.54, 1.807) is 6.07 Å². The maximum atomic E-state index is 11.0. The largest absolute Gasteiger partial charge is 0.298 e. The molecule has 0 saturated carbocycles. The maximum Gasteiger partial charge on any atom is 0.151 e. The third kappa shape index (κ3) is 2.94. The van der Waals surface area contributed by atoms with Gasteiger partial charge < -0.3 is 0 Å². The van der Waals surface area contributed by atoms with Crippen LogP contribution in [0.3, 0.4) is 0 Å². The van der Waals surface area contributed by atoms with Crippen LogP contribution in [0.15, 0.2) is 42.5 Å². The van der Waals surface area contributed by atoms with Crippen molar-refractivity contribution in [2.45, 2.75) is 32.6 Å². The molecule has 0 fully saturated rings. The molecular formula is C18H19ClO. The molecule has 0 aliphatic carbocycles. The van der Waals surface area contributed by atoms with Crippen molar-refractivity contribution >= 4 is 17.9 Å². The van der Waals surface area contributed by atoms with Crippen LogP contribution in [-0.2, 0) is 5.41 Å². The summed E-state index contributed by atoms with van der Waals surface area (Å²) in [6, 6.07) is 14.1. The van der Waals surface area contributed by atoms with Gasteiger partial charge in [0.2, 0.25) is 0 Å². The Morgan fingerprint density at radius 1 is 1.05 bits per heavy atom. The van der Waals surface area contributed by atoms with Crippen molar-refractivity contribution in [1.29, 1.82) is 0 Å². The molecule has 0 aliphatic rings. The summed E-state index contributed by atoms with van der Waals surface area (Å²) in [5, 5.41) is 0.493. The van der Waals surface area contributed by atoms with Crippen LogP contribution in [0.5, 0.6) is 0 Å². The van der Waals surface area contributed by atoms with Gasteiger partial charge in [0.25, 0.3) is 0 Å². The van der Waals surface area contributed by atoms with Crippen LogP contribution in [0.25, 0.3) is 11.1 Å². The number of halogens is 1. The predicted molar refractivity (Wildman–Crippen MR) is 85.6 cm³/mol. The molecule has 0 saturated heterocycles. The SMILES string of the molecule is CCC(C)(C)c1ccc(-c2ccc(Cl)c(C=O)c2)cc1. The summed E-state index contributed by atoms with van der Waals surface area (Å²) < 4.78 is 0. The lowest BCUT2D eigenvalue weighted by molar-refractivity contribution is 0.112. The van der Waals surface area contributed by atoms with Crippen molar-refractivity contribution in [2.75, 3.05) is 0 Å². The zero-order valence-corrected chi connectivity index (χ0v) is 12.9. The van der Waals surface area contributed by atoms with E-state index in [0.29, 0.717) is 10.6 Å². The number of hydrogen-bond acceptors (Lipinski definition) is 1. The fourth-order valence-electron chi connectivity index (χ4n) is 2.13. The number of aldehydes is 1. The molecule has 2 heteroatoms. The van der Waals surface area contributed by atoms with E-state index < -0.39 is 0 Å². The third-order valence-corrected chi connectivity index (χ3v) is 4.35. The van der Waals surface area contributed by atoms with E-state index in [-0.39, 0.29) is 5.41 Å². The molecule has 2 aromatic rings. The van der Waals surface area contributed by atoms with Gasteiger partial charge in [-0.2, -0.15) is 0 Å². The monoisotopic (exact) mass is 286 g/mol. The summed E-state index contributed by atoms with van der Waals surface area (Å²) in [5.74, 6) is 0. The van der Waals surface area contributed by atoms with E-state index in [1.807, 2.05) is 12.1 Å². The van der Waals surface area contributed by atoms with Gasteiger partial charge in [-0.25, -0.2) is 0 Å². The number of hydrogen-bond donors (Lipinski definition) is 0. The number of carbonyl (C=O) groups is 1. The summed E-state index contributed by atoms with van der Waals surface area (Å²) in [6.45, 7) is 6.69. The summed E-state index contributed by atoms with van der Waals surface area (Å²) in [4.78, 5) is 11.0. The topological polar surface area (TPSA) is 17.1 Å². The van der Waals surface area contributed by atoms with Gasteiger partial charge in [0.05, 0.1) is 5.02 Å². The highest BCUT2D eigenvalue weighted by atomic mass is 35.5. The molecule has 20 heavy (non-hydrogen) atoms. The number of carbonyl (C=O) groups excluding carboxylic acids is 1. The molecule has 0 unspecified atom stereocenters. The van der Waals surface area contributed by atoms with Gasteiger partial charge >= 0.3 is 0 Å². The maximum absolute atomic E-state index is 11.0. The molecule has 0 N–H and O–H groups in total. The molecular weight excluding hydrogens is 268 g/mol. The quantitative estimate of drug-likeness (QED) is 0.678. The molecule has 0 spiro atoms. The Balaban J connectivity index is 2.37. The highest BCUT2D eigenvalue weighted by Gasteiger charge is 2.17. The Bertz CT molecular complexity index is 612. The Kier molecular flexibility index (Phi) is 4.29. The Hall–Kier alpha value is -1.60. The van der Waals surface area contributed by atoms with Gasteiger partial charge in [0.15, 0.2) is 6.29 Å². The van der Waals surface area contributed by atoms with E-state index in [9.17, 15) is 4.79 Å². The van der Waals surface area contributed by atoms with Crippen LogP contribution in [0.1, 0.15) is 43.1 Å². The minimum Gasteiger partial charge on any atom is -0.298 e. The van der Waals surface area contributed by atoms with Crippen LogP contribution in [0.4, 0.5) is 0 Å². The van der Waals surface area contributed by atoms with Crippen molar-refractivity contribution in [3.8, 4) is 11.1 Å². The lowest BCUT2D eigenvalue weighted by atomic mass is 9.82. The van der Waals surface area contributed by atoms with Gasteiger partial charge in [0, 0.05) is 5.56 Å². The Morgan fingerprint density at radius 3 is 2.20 bits per heavy atom. The Morgan fingerprint density at radius 2 is 1.65 bits per heavy atom. The summed E-state index contributed by atoms with van der Waals surface area (Å²) in [6.07, 6.45) is 1.89. The summed E-state index contributed by atoms with van der Waals surface area (Å²) in [7, 11) is 0. The van der Waals surface area contributed by atoms with E-state index in [2.05, 4.69) is 45.0 Å².